The Hall–Kier alpha value is -1.45. The van der Waals surface area contributed by atoms with E-state index in [1.807, 2.05) is 11.0 Å². The lowest BCUT2D eigenvalue weighted by molar-refractivity contribution is -0.0222. The molecule has 1 saturated heterocycles. The van der Waals surface area contributed by atoms with Crippen LogP contribution < -0.4 is 4.90 Å². The highest BCUT2D eigenvalue weighted by molar-refractivity contribution is 6.83. The SMILES string of the molecule is CC(C)(O)c1ccc(C#C[Si](C)(C)C)nc1N1CCC(F)(F)CC1. The number of anilines is 1. The van der Waals surface area contributed by atoms with Crippen LogP contribution in [0.4, 0.5) is 14.6 Å². The second kappa shape index (κ2) is 6.45. The molecule has 1 aromatic heterocycles. The third kappa shape index (κ3) is 5.02. The Bertz CT molecular complexity index is 656. The summed E-state index contributed by atoms with van der Waals surface area (Å²) in [6.07, 6.45) is -0.379. The highest BCUT2D eigenvalue weighted by Crippen LogP contribution is 2.34. The van der Waals surface area contributed by atoms with Crippen molar-refractivity contribution in [3.8, 4) is 11.5 Å². The van der Waals surface area contributed by atoms with Gasteiger partial charge in [0.1, 0.15) is 19.6 Å². The maximum atomic E-state index is 13.4. The summed E-state index contributed by atoms with van der Waals surface area (Å²) >= 11 is 0. The second-order valence-electron chi connectivity index (χ2n) is 7.97. The fourth-order valence-electron chi connectivity index (χ4n) is 2.53. The van der Waals surface area contributed by atoms with E-state index in [0.717, 1.165) is 0 Å². The molecule has 2 rings (SSSR count). The molecule has 0 bridgehead atoms. The van der Waals surface area contributed by atoms with Crippen molar-refractivity contribution in [1.82, 2.24) is 4.98 Å². The molecule has 0 aromatic carbocycles. The summed E-state index contributed by atoms with van der Waals surface area (Å²) in [4.78, 5) is 6.42. The van der Waals surface area contributed by atoms with E-state index < -0.39 is 19.6 Å². The molecule has 1 N–H and O–H groups in total. The lowest BCUT2D eigenvalue weighted by Crippen LogP contribution is -2.41. The molecule has 0 amide bonds. The molecule has 0 saturated carbocycles. The lowest BCUT2D eigenvalue weighted by atomic mass is 9.97. The molecule has 0 atom stereocenters. The standard InChI is InChI=1S/C18H26F2N2OSi/c1-17(2,23)15-7-6-14(8-13-24(3,4)5)21-16(15)22-11-9-18(19,20)10-12-22/h6-7,23H,9-12H2,1-5H3. The van der Waals surface area contributed by atoms with Gasteiger partial charge in [0.25, 0.3) is 5.92 Å². The molecule has 0 spiro atoms. The minimum absolute atomic E-state index is 0.190. The minimum atomic E-state index is -2.61. The van der Waals surface area contributed by atoms with E-state index in [4.69, 9.17) is 0 Å². The van der Waals surface area contributed by atoms with Crippen LogP contribution in [0.5, 0.6) is 0 Å². The first-order chi connectivity index (χ1) is 10.9. The first-order valence-electron chi connectivity index (χ1n) is 8.27. The van der Waals surface area contributed by atoms with Crippen LogP contribution in [0.1, 0.15) is 37.9 Å². The number of aromatic nitrogens is 1. The summed E-state index contributed by atoms with van der Waals surface area (Å²) in [7, 11) is -1.53. The molecule has 3 nitrogen and oxygen atoms in total. The summed E-state index contributed by atoms with van der Waals surface area (Å²) in [6.45, 7) is 10.3. The van der Waals surface area contributed by atoms with Gasteiger partial charge in [0.2, 0.25) is 0 Å². The van der Waals surface area contributed by atoms with Crippen molar-refractivity contribution in [2.75, 3.05) is 18.0 Å². The van der Waals surface area contributed by atoms with Crippen LogP contribution in [0.2, 0.25) is 19.6 Å². The number of aliphatic hydroxyl groups is 1. The maximum absolute atomic E-state index is 13.4. The molecule has 0 aliphatic carbocycles. The summed E-state index contributed by atoms with van der Waals surface area (Å²) in [5.41, 5.74) is 3.44. The van der Waals surface area contributed by atoms with Crippen molar-refractivity contribution in [3.63, 3.8) is 0 Å². The largest absolute Gasteiger partial charge is 0.386 e. The van der Waals surface area contributed by atoms with Crippen LogP contribution in [0, 0.1) is 11.5 Å². The van der Waals surface area contributed by atoms with Gasteiger partial charge in [-0.25, -0.2) is 13.8 Å². The third-order valence-corrected chi connectivity index (χ3v) is 4.77. The summed E-state index contributed by atoms with van der Waals surface area (Å²) in [5.74, 6) is 1.06. The number of pyridine rings is 1. The quantitative estimate of drug-likeness (QED) is 0.650. The van der Waals surface area contributed by atoms with E-state index in [1.165, 1.54) is 0 Å². The molecule has 132 valence electrons. The van der Waals surface area contributed by atoms with Gasteiger partial charge in [0.05, 0.1) is 5.60 Å². The van der Waals surface area contributed by atoms with E-state index in [2.05, 4.69) is 36.1 Å². The van der Waals surface area contributed by atoms with Crippen LogP contribution in [0.15, 0.2) is 12.1 Å². The maximum Gasteiger partial charge on any atom is 0.251 e. The van der Waals surface area contributed by atoms with Crippen molar-refractivity contribution in [2.45, 2.75) is 57.9 Å². The normalized spacial score (nSPS) is 18.1. The average molecular weight is 353 g/mol. The fraction of sp³-hybridized carbons (Fsp3) is 0.611. The number of hydrogen-bond donors (Lipinski definition) is 1. The Balaban J connectivity index is 2.40. The highest BCUT2D eigenvalue weighted by Gasteiger charge is 2.36. The Morgan fingerprint density at radius 2 is 1.79 bits per heavy atom. The molecule has 1 fully saturated rings. The van der Waals surface area contributed by atoms with Gasteiger partial charge in [-0.15, -0.1) is 5.54 Å². The van der Waals surface area contributed by atoms with Crippen LogP contribution in [-0.2, 0) is 5.60 Å². The van der Waals surface area contributed by atoms with Gasteiger partial charge in [-0.2, -0.15) is 0 Å². The Morgan fingerprint density at radius 1 is 1.21 bits per heavy atom. The molecule has 1 aliphatic heterocycles. The Kier molecular flexibility index (Phi) is 5.08. The van der Waals surface area contributed by atoms with E-state index in [0.29, 0.717) is 17.1 Å². The minimum Gasteiger partial charge on any atom is -0.386 e. The van der Waals surface area contributed by atoms with E-state index in [9.17, 15) is 13.9 Å². The van der Waals surface area contributed by atoms with Crippen molar-refractivity contribution >= 4 is 13.9 Å². The first kappa shape index (κ1) is 18.9. The van der Waals surface area contributed by atoms with Gasteiger partial charge in [0.15, 0.2) is 0 Å². The molecular formula is C18H26F2N2OSi. The highest BCUT2D eigenvalue weighted by atomic mass is 28.3. The summed E-state index contributed by atoms with van der Waals surface area (Å²) in [5, 5.41) is 10.4. The Morgan fingerprint density at radius 3 is 2.29 bits per heavy atom. The van der Waals surface area contributed by atoms with Gasteiger partial charge in [-0.05, 0) is 26.0 Å². The number of rotatable bonds is 2. The Labute approximate surface area is 144 Å². The second-order valence-corrected chi connectivity index (χ2v) is 12.7. The molecule has 1 aromatic rings. The molecule has 2 heterocycles. The first-order valence-corrected chi connectivity index (χ1v) is 11.8. The molecular weight excluding hydrogens is 326 g/mol. The average Bonchev–Trinajstić information content (AvgIpc) is 2.43. The van der Waals surface area contributed by atoms with Gasteiger partial charge in [-0.3, -0.25) is 0 Å². The van der Waals surface area contributed by atoms with E-state index >= 15 is 0 Å². The topological polar surface area (TPSA) is 36.4 Å². The number of alkyl halides is 2. The molecule has 24 heavy (non-hydrogen) atoms. The van der Waals surface area contributed by atoms with E-state index in [1.54, 1.807) is 19.9 Å². The van der Waals surface area contributed by atoms with Crippen LogP contribution in [0.3, 0.4) is 0 Å². The van der Waals surface area contributed by atoms with Crippen LogP contribution in [-0.4, -0.2) is 37.2 Å². The molecule has 0 unspecified atom stereocenters. The van der Waals surface area contributed by atoms with Gasteiger partial charge in [-0.1, -0.05) is 25.6 Å². The number of hydrogen-bond acceptors (Lipinski definition) is 3. The van der Waals surface area contributed by atoms with Crippen molar-refractivity contribution in [2.24, 2.45) is 0 Å². The van der Waals surface area contributed by atoms with Crippen molar-refractivity contribution < 1.29 is 13.9 Å². The summed E-state index contributed by atoms with van der Waals surface area (Å²) < 4.78 is 26.9. The lowest BCUT2D eigenvalue weighted by Gasteiger charge is -2.35. The van der Waals surface area contributed by atoms with Crippen LogP contribution >= 0.6 is 0 Å². The number of nitrogens with zero attached hydrogens (tertiary/aromatic N) is 2. The monoisotopic (exact) mass is 352 g/mol. The third-order valence-electron chi connectivity index (χ3n) is 3.89. The predicted molar refractivity (Wildman–Crippen MR) is 96.1 cm³/mol. The number of piperidine rings is 1. The van der Waals surface area contributed by atoms with E-state index in [-0.39, 0.29) is 25.9 Å². The molecule has 6 heteroatoms. The smallest absolute Gasteiger partial charge is 0.251 e. The number of halogens is 2. The van der Waals surface area contributed by atoms with Gasteiger partial charge in [0, 0.05) is 31.5 Å². The summed E-state index contributed by atoms with van der Waals surface area (Å²) in [6, 6.07) is 3.60. The van der Waals surface area contributed by atoms with Crippen molar-refractivity contribution in [1.29, 1.82) is 0 Å². The molecule has 1 aliphatic rings. The molecule has 0 radical (unpaired) electrons. The zero-order valence-electron chi connectivity index (χ0n) is 15.1. The van der Waals surface area contributed by atoms with Crippen molar-refractivity contribution in [3.05, 3.63) is 23.4 Å². The zero-order chi connectivity index (χ0) is 18.2. The predicted octanol–water partition coefficient (Wildman–Crippen LogP) is 3.77. The fourth-order valence-corrected chi connectivity index (χ4v) is 3.04. The zero-order valence-corrected chi connectivity index (χ0v) is 16.1. The van der Waals surface area contributed by atoms with Gasteiger partial charge >= 0.3 is 0 Å². The van der Waals surface area contributed by atoms with Gasteiger partial charge < -0.3 is 10.0 Å². The van der Waals surface area contributed by atoms with Crippen LogP contribution in [0.25, 0.3) is 0 Å².